The van der Waals surface area contributed by atoms with Gasteiger partial charge in [0.2, 0.25) is 0 Å². The molecule has 18 heteroatoms. The molecule has 2 aliphatic heterocycles. The van der Waals surface area contributed by atoms with Crippen molar-refractivity contribution in [1.29, 1.82) is 0 Å². The quantitative estimate of drug-likeness (QED) is 0.227. The first-order chi connectivity index (χ1) is 15.7. The Labute approximate surface area is 192 Å². The van der Waals surface area contributed by atoms with E-state index >= 15 is 0 Å². The Hall–Kier alpha value is -1.26. The zero-order valence-electron chi connectivity index (χ0n) is 18.1. The summed E-state index contributed by atoms with van der Waals surface area (Å²) in [7, 11) is -10.8. The van der Waals surface area contributed by atoms with Gasteiger partial charge in [-0.15, -0.1) is 0 Å². The van der Waals surface area contributed by atoms with Crippen LogP contribution >= 0.6 is 15.6 Å². The zero-order chi connectivity index (χ0) is 25.4. The number of aromatic amines is 1. The highest BCUT2D eigenvalue weighted by atomic mass is 31.3. The summed E-state index contributed by atoms with van der Waals surface area (Å²) in [6.07, 6.45) is -6.10. The fraction of sp³-hybridized carbons (Fsp3) is 0.750. The number of nitrogens with zero attached hydrogens (tertiary/aromatic N) is 1. The normalized spacial score (nSPS) is 35.6. The van der Waals surface area contributed by atoms with Crippen LogP contribution in [0.15, 0.2) is 15.8 Å². The molecule has 2 fully saturated rings. The third-order valence-corrected chi connectivity index (χ3v) is 7.75. The van der Waals surface area contributed by atoms with Crippen molar-refractivity contribution in [1.82, 2.24) is 9.55 Å². The van der Waals surface area contributed by atoms with Crippen LogP contribution in [0.2, 0.25) is 0 Å². The second-order valence-corrected chi connectivity index (χ2v) is 11.0. The highest BCUT2D eigenvalue weighted by Crippen LogP contribution is 2.59. The first-order valence-corrected chi connectivity index (χ1v) is 13.1. The number of phosphoric ester groups is 2. The first kappa shape index (κ1) is 27.3. The highest BCUT2D eigenvalue weighted by Gasteiger charge is 2.41. The number of nitrogens with two attached hydrogens (primary N) is 1. The van der Waals surface area contributed by atoms with Crippen molar-refractivity contribution >= 4 is 15.6 Å². The number of H-pyrrole nitrogens is 1. The fourth-order valence-electron chi connectivity index (χ4n) is 3.48. The molecule has 4 unspecified atom stereocenters. The van der Waals surface area contributed by atoms with Crippen LogP contribution in [0, 0.1) is 6.92 Å². The molecule has 3 heterocycles. The fourth-order valence-corrected chi connectivity index (χ4v) is 5.59. The SMILES string of the molecule is Cc1cn([C@H]2C[C@@H](O)[C@@H](COP(=O)(O)OP(=O)([O-])O[C@H]3OC(C)C[C@H](N)C3O)O2)c(=O)[nH]c1=O. The molecule has 0 saturated carbocycles. The van der Waals surface area contributed by atoms with E-state index in [0.29, 0.717) is 0 Å². The minimum Gasteiger partial charge on any atom is -0.756 e. The van der Waals surface area contributed by atoms with Crippen LogP contribution in [0.4, 0.5) is 0 Å². The van der Waals surface area contributed by atoms with Gasteiger partial charge in [-0.2, -0.15) is 0 Å². The van der Waals surface area contributed by atoms with E-state index in [1.807, 2.05) is 0 Å². The van der Waals surface area contributed by atoms with Gasteiger partial charge in [0.25, 0.3) is 13.4 Å². The third kappa shape index (κ3) is 6.69. The molecule has 1 aromatic heterocycles. The van der Waals surface area contributed by atoms with Gasteiger partial charge in [-0.25, -0.2) is 13.7 Å². The number of aliphatic hydroxyl groups excluding tert-OH is 2. The number of ether oxygens (including phenoxy) is 2. The largest absolute Gasteiger partial charge is 0.756 e. The van der Waals surface area contributed by atoms with E-state index in [9.17, 15) is 38.7 Å². The van der Waals surface area contributed by atoms with Gasteiger partial charge in [-0.3, -0.25) is 28.0 Å². The maximum atomic E-state index is 12.1. The van der Waals surface area contributed by atoms with Gasteiger partial charge >= 0.3 is 13.5 Å². The van der Waals surface area contributed by atoms with Crippen molar-refractivity contribution in [3.8, 4) is 0 Å². The molecule has 0 bridgehead atoms. The molecular formula is C16H26N3O13P2-. The minimum atomic E-state index is -5.54. The van der Waals surface area contributed by atoms with E-state index in [-0.39, 0.29) is 18.4 Å². The lowest BCUT2D eigenvalue weighted by atomic mass is 10.0. The zero-order valence-corrected chi connectivity index (χ0v) is 19.9. The van der Waals surface area contributed by atoms with Crippen LogP contribution in [0.3, 0.4) is 0 Å². The summed E-state index contributed by atoms with van der Waals surface area (Å²) in [5.74, 6) is 0. The molecule has 1 aromatic rings. The van der Waals surface area contributed by atoms with Gasteiger partial charge in [0.15, 0.2) is 6.29 Å². The predicted molar refractivity (Wildman–Crippen MR) is 109 cm³/mol. The van der Waals surface area contributed by atoms with E-state index in [4.69, 9.17) is 15.2 Å². The Morgan fingerprint density at radius 2 is 1.97 bits per heavy atom. The summed E-state index contributed by atoms with van der Waals surface area (Å²) in [4.78, 5) is 47.4. The Bertz CT molecular complexity index is 1090. The van der Waals surface area contributed by atoms with Crippen LogP contribution < -0.4 is 21.9 Å². The molecule has 16 nitrogen and oxygen atoms in total. The van der Waals surface area contributed by atoms with Gasteiger partial charge in [0.05, 0.1) is 18.8 Å². The standard InChI is InChI=1S/C16H27N3O13P2/c1-7-5-19(16(23)18-14(7)22)12-4-10(20)11(30-12)6-28-33(24,25)32-34(26,27)31-15-13(21)9(17)3-8(2)29-15/h5,8-13,15,20-21H,3-4,6,17H2,1-2H3,(H,24,25)(H,26,27)(H,18,22,23)/p-1/t8?,9-,10+,11+,12+,13?,15+/m0/s1. The van der Waals surface area contributed by atoms with Crippen LogP contribution in [-0.2, 0) is 32.0 Å². The third-order valence-electron chi connectivity index (χ3n) is 5.19. The number of aromatic nitrogens is 2. The van der Waals surface area contributed by atoms with E-state index in [0.717, 1.165) is 4.57 Å². The minimum absolute atomic E-state index is 0.130. The van der Waals surface area contributed by atoms with Gasteiger partial charge in [-0.05, 0) is 20.3 Å². The van der Waals surface area contributed by atoms with Crippen LogP contribution in [0.5, 0.6) is 0 Å². The lowest BCUT2D eigenvalue weighted by Gasteiger charge is -2.38. The number of phosphoric acid groups is 2. The Balaban J connectivity index is 1.58. The molecule has 34 heavy (non-hydrogen) atoms. The first-order valence-electron chi connectivity index (χ1n) is 10.1. The second-order valence-electron chi connectivity index (χ2n) is 8.01. The summed E-state index contributed by atoms with van der Waals surface area (Å²) in [5, 5.41) is 20.1. The smallest absolute Gasteiger partial charge is 0.478 e. The van der Waals surface area contributed by atoms with Crippen molar-refractivity contribution in [3.05, 3.63) is 32.6 Å². The van der Waals surface area contributed by atoms with Crippen molar-refractivity contribution in [2.24, 2.45) is 5.73 Å². The number of rotatable bonds is 8. The van der Waals surface area contributed by atoms with Gasteiger partial charge in [-0.1, -0.05) is 0 Å². The van der Waals surface area contributed by atoms with Gasteiger partial charge in [0, 0.05) is 24.2 Å². The topological polar surface area (TPSA) is 245 Å². The molecular weight excluding hydrogens is 504 g/mol. The Morgan fingerprint density at radius 1 is 1.29 bits per heavy atom. The summed E-state index contributed by atoms with van der Waals surface area (Å²) in [6, 6.07) is -0.862. The van der Waals surface area contributed by atoms with Crippen molar-refractivity contribution in [2.45, 2.75) is 69.7 Å². The number of aliphatic hydroxyl groups is 2. The molecule has 2 aliphatic rings. The molecule has 0 aliphatic carbocycles. The molecule has 0 radical (unpaired) electrons. The number of hydrogen-bond donors (Lipinski definition) is 5. The average Bonchev–Trinajstić information content (AvgIpc) is 3.06. The van der Waals surface area contributed by atoms with E-state index < -0.39 is 76.5 Å². The lowest BCUT2D eigenvalue weighted by molar-refractivity contribution is -0.265. The second kappa shape index (κ2) is 10.4. The number of aryl methyl sites for hydroxylation is 1. The molecule has 3 rings (SSSR count). The van der Waals surface area contributed by atoms with Gasteiger partial charge < -0.3 is 35.2 Å². The summed E-state index contributed by atoms with van der Waals surface area (Å²) in [5.41, 5.74) is 4.49. The molecule has 0 amide bonds. The molecule has 6 N–H and O–H groups in total. The molecule has 2 saturated heterocycles. The van der Waals surface area contributed by atoms with E-state index in [2.05, 4.69) is 18.3 Å². The maximum absolute atomic E-state index is 12.1. The van der Waals surface area contributed by atoms with Crippen molar-refractivity contribution < 1.29 is 52.0 Å². The predicted octanol–water partition coefficient (Wildman–Crippen LogP) is -2.06. The van der Waals surface area contributed by atoms with Crippen LogP contribution in [-0.4, -0.2) is 68.0 Å². The number of nitrogens with one attached hydrogen (secondary N) is 1. The molecule has 0 aromatic carbocycles. The highest BCUT2D eigenvalue weighted by molar-refractivity contribution is 7.60. The van der Waals surface area contributed by atoms with Crippen LogP contribution in [0.1, 0.15) is 31.6 Å². The number of hydrogen-bond acceptors (Lipinski definition) is 13. The Morgan fingerprint density at radius 3 is 2.65 bits per heavy atom. The molecule has 0 spiro atoms. The van der Waals surface area contributed by atoms with Crippen molar-refractivity contribution in [3.63, 3.8) is 0 Å². The Kier molecular flexibility index (Phi) is 8.35. The maximum Gasteiger partial charge on any atom is 0.478 e. The van der Waals surface area contributed by atoms with Crippen molar-refractivity contribution in [2.75, 3.05) is 6.61 Å². The van der Waals surface area contributed by atoms with E-state index in [1.165, 1.54) is 13.1 Å². The average molecular weight is 530 g/mol. The summed E-state index contributed by atoms with van der Waals surface area (Å²) < 4.78 is 49.1. The summed E-state index contributed by atoms with van der Waals surface area (Å²) in [6.45, 7) is 2.21. The summed E-state index contributed by atoms with van der Waals surface area (Å²) >= 11 is 0. The van der Waals surface area contributed by atoms with Gasteiger partial charge in [0.1, 0.15) is 18.4 Å². The van der Waals surface area contributed by atoms with E-state index in [1.54, 1.807) is 6.92 Å². The lowest BCUT2D eigenvalue weighted by Crippen LogP contribution is -2.52. The molecule has 9 atom stereocenters. The monoisotopic (exact) mass is 530 g/mol. The molecule has 194 valence electrons. The van der Waals surface area contributed by atoms with Crippen LogP contribution in [0.25, 0.3) is 0 Å².